The monoisotopic (exact) mass is 784 g/mol. The summed E-state index contributed by atoms with van der Waals surface area (Å²) in [6, 6.07) is 66.9. The van der Waals surface area contributed by atoms with E-state index in [1.54, 1.807) is 0 Å². The van der Waals surface area contributed by atoms with Gasteiger partial charge in [-0.1, -0.05) is 142 Å². The van der Waals surface area contributed by atoms with Gasteiger partial charge in [0, 0.05) is 43.3 Å². The van der Waals surface area contributed by atoms with Crippen molar-refractivity contribution in [2.24, 2.45) is 0 Å². The lowest BCUT2D eigenvalue weighted by Gasteiger charge is -2.43. The number of rotatable bonds is 2. The van der Waals surface area contributed by atoms with Crippen LogP contribution in [0.5, 0.6) is 0 Å². The van der Waals surface area contributed by atoms with Gasteiger partial charge >= 0.3 is 0 Å². The van der Waals surface area contributed by atoms with Gasteiger partial charge in [0.15, 0.2) is 0 Å². The van der Waals surface area contributed by atoms with Crippen LogP contribution >= 0.6 is 11.3 Å². The van der Waals surface area contributed by atoms with E-state index in [0.717, 1.165) is 0 Å². The van der Waals surface area contributed by atoms with E-state index in [1.165, 1.54) is 116 Å². The number of benzene rings is 8. The van der Waals surface area contributed by atoms with Crippen LogP contribution in [0.3, 0.4) is 0 Å². The summed E-state index contributed by atoms with van der Waals surface area (Å²) in [5.74, 6) is 0. The standard InChI is InChI=1S/C56H41BN2S/c1-34-29-49-52-50(30-34)59(37-19-9-6-10-20-37)53-42-32-41-40-28-27-35(55(2,3)4)31-45(40)56(43-23-13-11-21-38(43)39-22-12-14-24-44(39)56)46(41)33-51(42)60-54(53)57(52)47-25-15-16-26-48(47)58(49)36-17-7-5-8-18-36/h5-33H,1-4H3. The van der Waals surface area contributed by atoms with Crippen LogP contribution in [0.25, 0.3) is 32.3 Å². The first-order valence-electron chi connectivity index (χ1n) is 21.2. The predicted molar refractivity (Wildman–Crippen MR) is 256 cm³/mol. The maximum atomic E-state index is 2.61. The Balaban J connectivity index is 1.15. The molecular weight excluding hydrogens is 744 g/mol. The van der Waals surface area contributed by atoms with Crippen molar-refractivity contribution in [3.05, 3.63) is 209 Å². The van der Waals surface area contributed by atoms with Gasteiger partial charge in [-0.25, -0.2) is 0 Å². The topological polar surface area (TPSA) is 6.48 Å². The molecule has 0 bridgehead atoms. The first kappa shape index (κ1) is 34.3. The average Bonchev–Trinajstić information content (AvgIpc) is 3.89. The molecule has 0 saturated heterocycles. The molecule has 9 aromatic rings. The van der Waals surface area contributed by atoms with Crippen LogP contribution < -0.4 is 25.5 Å². The fraction of sp³-hybridized carbons (Fsp3) is 0.107. The van der Waals surface area contributed by atoms with Crippen molar-refractivity contribution in [1.29, 1.82) is 0 Å². The molecule has 2 aliphatic heterocycles. The van der Waals surface area contributed by atoms with Gasteiger partial charge < -0.3 is 9.80 Å². The Morgan fingerprint density at radius 3 is 1.75 bits per heavy atom. The van der Waals surface area contributed by atoms with Gasteiger partial charge in [-0.2, -0.15) is 0 Å². The Hall–Kier alpha value is -6.62. The maximum Gasteiger partial charge on any atom is 0.264 e. The van der Waals surface area contributed by atoms with Crippen LogP contribution in [0.4, 0.5) is 34.1 Å². The summed E-state index contributed by atoms with van der Waals surface area (Å²) in [6.07, 6.45) is 0. The van der Waals surface area contributed by atoms with Gasteiger partial charge in [0.2, 0.25) is 0 Å². The van der Waals surface area contributed by atoms with E-state index in [0.29, 0.717) is 0 Å². The highest BCUT2D eigenvalue weighted by molar-refractivity contribution is 7.33. The lowest BCUT2D eigenvalue weighted by Crippen LogP contribution is -2.60. The molecule has 0 atom stereocenters. The molecule has 284 valence electrons. The lowest BCUT2D eigenvalue weighted by molar-refractivity contribution is 0.588. The summed E-state index contributed by atoms with van der Waals surface area (Å²) in [5, 5.41) is 1.32. The van der Waals surface area contributed by atoms with E-state index in [9.17, 15) is 0 Å². The molecule has 0 N–H and O–H groups in total. The van der Waals surface area contributed by atoms with Crippen LogP contribution in [0, 0.1) is 6.92 Å². The molecule has 0 saturated carbocycles. The first-order chi connectivity index (χ1) is 29.3. The minimum absolute atomic E-state index is 0.00892. The summed E-state index contributed by atoms with van der Waals surface area (Å²) in [5.41, 5.74) is 23.3. The molecule has 13 rings (SSSR count). The quantitative estimate of drug-likeness (QED) is 0.161. The molecule has 2 nitrogen and oxygen atoms in total. The van der Waals surface area contributed by atoms with Crippen molar-refractivity contribution in [3.63, 3.8) is 0 Å². The molecule has 60 heavy (non-hydrogen) atoms. The number of hydrogen-bond donors (Lipinski definition) is 0. The Morgan fingerprint density at radius 1 is 0.500 bits per heavy atom. The van der Waals surface area contributed by atoms with Gasteiger partial charge in [-0.3, -0.25) is 0 Å². The fourth-order valence-electron chi connectivity index (χ4n) is 11.4. The van der Waals surface area contributed by atoms with Crippen molar-refractivity contribution < 1.29 is 0 Å². The second-order valence-electron chi connectivity index (χ2n) is 18.1. The summed E-state index contributed by atoms with van der Waals surface area (Å²) < 4.78 is 2.73. The van der Waals surface area contributed by atoms with Gasteiger partial charge in [-0.05, 0) is 133 Å². The third-order valence-corrected chi connectivity index (χ3v) is 15.0. The van der Waals surface area contributed by atoms with E-state index in [1.807, 2.05) is 11.3 Å². The van der Waals surface area contributed by atoms with Crippen LogP contribution in [0.2, 0.25) is 0 Å². The van der Waals surface area contributed by atoms with Crippen molar-refractivity contribution >= 4 is 78.0 Å². The third kappa shape index (κ3) is 4.34. The number of thiophene rings is 1. The lowest BCUT2D eigenvalue weighted by atomic mass is 9.36. The minimum Gasteiger partial charge on any atom is -0.311 e. The van der Waals surface area contributed by atoms with Gasteiger partial charge in [0.25, 0.3) is 6.71 Å². The van der Waals surface area contributed by atoms with Crippen LogP contribution in [-0.2, 0) is 10.8 Å². The van der Waals surface area contributed by atoms with Gasteiger partial charge in [0.1, 0.15) is 0 Å². The number of fused-ring (bicyclic) bond motifs is 16. The highest BCUT2D eigenvalue weighted by Gasteiger charge is 2.53. The Labute approximate surface area is 356 Å². The van der Waals surface area contributed by atoms with Crippen molar-refractivity contribution in [2.45, 2.75) is 38.5 Å². The molecule has 0 unspecified atom stereocenters. The zero-order chi connectivity index (χ0) is 40.1. The second kappa shape index (κ2) is 12.0. The smallest absolute Gasteiger partial charge is 0.264 e. The zero-order valence-corrected chi connectivity index (χ0v) is 34.9. The van der Waals surface area contributed by atoms with Crippen molar-refractivity contribution in [1.82, 2.24) is 0 Å². The SMILES string of the molecule is Cc1cc2c3c(c1)N(c1ccccc1)c1c(sc4cc5c(cc14)-c1ccc(C(C)(C)C)cc1C51c4ccccc4-c4ccccc41)B3c1ccccc1N2c1ccccc1. The average molecular weight is 785 g/mol. The summed E-state index contributed by atoms with van der Waals surface area (Å²) in [4.78, 5) is 5.09. The fourth-order valence-corrected chi connectivity index (χ4v) is 12.7. The second-order valence-corrected chi connectivity index (χ2v) is 19.2. The molecule has 0 fully saturated rings. The molecule has 0 amide bonds. The van der Waals surface area contributed by atoms with E-state index < -0.39 is 5.41 Å². The molecule has 1 spiro atoms. The van der Waals surface area contributed by atoms with Crippen molar-refractivity contribution in [2.75, 3.05) is 9.80 Å². The normalized spacial score (nSPS) is 14.7. The number of hydrogen-bond acceptors (Lipinski definition) is 3. The molecule has 1 aromatic heterocycles. The highest BCUT2D eigenvalue weighted by atomic mass is 32.1. The van der Waals surface area contributed by atoms with E-state index >= 15 is 0 Å². The molecule has 3 heterocycles. The maximum absolute atomic E-state index is 2.61. The molecule has 4 aliphatic rings. The van der Waals surface area contributed by atoms with Crippen molar-refractivity contribution in [3.8, 4) is 22.3 Å². The molecule has 0 radical (unpaired) electrons. The molecular formula is C56H41BN2S. The number of aryl methyl sites for hydroxylation is 1. The summed E-state index contributed by atoms with van der Waals surface area (Å²) in [7, 11) is 0. The largest absolute Gasteiger partial charge is 0.311 e. The zero-order valence-electron chi connectivity index (χ0n) is 34.1. The van der Waals surface area contributed by atoms with Crippen LogP contribution in [-0.4, -0.2) is 6.71 Å². The number of para-hydroxylation sites is 3. The Kier molecular flexibility index (Phi) is 6.85. The van der Waals surface area contributed by atoms with E-state index in [4.69, 9.17) is 0 Å². The first-order valence-corrected chi connectivity index (χ1v) is 22.0. The molecule has 2 aliphatic carbocycles. The third-order valence-electron chi connectivity index (χ3n) is 13.8. The molecule has 4 heteroatoms. The van der Waals surface area contributed by atoms with E-state index in [2.05, 4.69) is 213 Å². The minimum atomic E-state index is -0.419. The van der Waals surface area contributed by atoms with E-state index in [-0.39, 0.29) is 12.1 Å². The van der Waals surface area contributed by atoms with Gasteiger partial charge in [-0.15, -0.1) is 11.3 Å². The summed E-state index contributed by atoms with van der Waals surface area (Å²) >= 11 is 2.00. The predicted octanol–water partition coefficient (Wildman–Crippen LogP) is 12.9. The summed E-state index contributed by atoms with van der Waals surface area (Å²) in [6.45, 7) is 9.36. The van der Waals surface area contributed by atoms with Crippen LogP contribution in [0.1, 0.15) is 54.2 Å². The Morgan fingerprint density at radius 2 is 1.07 bits per heavy atom. The Bertz CT molecular complexity index is 3240. The highest BCUT2D eigenvalue weighted by Crippen LogP contribution is 2.64. The number of nitrogens with zero attached hydrogens (tertiary/aromatic N) is 2. The number of anilines is 6. The van der Waals surface area contributed by atoms with Gasteiger partial charge in [0.05, 0.1) is 11.1 Å². The van der Waals surface area contributed by atoms with Crippen LogP contribution in [0.15, 0.2) is 176 Å². The molecule has 8 aromatic carbocycles.